The minimum Gasteiger partial charge on any atom is -0.308 e. The lowest BCUT2D eigenvalue weighted by Crippen LogP contribution is -2.27. The van der Waals surface area contributed by atoms with Crippen molar-refractivity contribution in [3.63, 3.8) is 0 Å². The van der Waals surface area contributed by atoms with E-state index in [1.165, 1.54) is 12.1 Å². The third-order valence-electron chi connectivity index (χ3n) is 4.06. The number of benzene rings is 2. The maximum atomic E-state index is 12.9. The quantitative estimate of drug-likeness (QED) is 0.148. The van der Waals surface area contributed by atoms with Gasteiger partial charge in [-0.1, -0.05) is 35.4 Å². The summed E-state index contributed by atoms with van der Waals surface area (Å²) in [6.07, 6.45) is 2.22. The largest absolute Gasteiger partial charge is 0.308 e. The highest BCUT2D eigenvalue weighted by Gasteiger charge is 2.31. The van der Waals surface area contributed by atoms with E-state index in [4.69, 9.17) is 5.53 Å². The monoisotopic (exact) mass is 349 g/mol. The van der Waals surface area contributed by atoms with Crippen LogP contribution in [0, 0.1) is 10.1 Å². The van der Waals surface area contributed by atoms with E-state index in [0.717, 1.165) is 11.3 Å². The Kier molecular flexibility index (Phi) is 4.96. The first-order valence-corrected chi connectivity index (χ1v) is 8.00. The van der Waals surface area contributed by atoms with E-state index in [-0.39, 0.29) is 11.6 Å². The Morgan fingerprint density at radius 1 is 1.23 bits per heavy atom. The fourth-order valence-corrected chi connectivity index (χ4v) is 2.91. The van der Waals surface area contributed by atoms with Crippen molar-refractivity contribution in [3.05, 3.63) is 80.2 Å². The topological polar surface area (TPSA) is 112 Å². The molecular weight excluding hydrogens is 334 g/mol. The second-order valence-corrected chi connectivity index (χ2v) is 5.69. The number of hydrogen-bond acceptors (Lipinski definition) is 4. The number of azide groups is 1. The van der Waals surface area contributed by atoms with Crippen molar-refractivity contribution < 1.29 is 9.72 Å². The molecule has 0 unspecified atom stereocenters. The molecule has 1 heterocycles. The lowest BCUT2D eigenvalue weighted by Gasteiger charge is -2.16. The van der Waals surface area contributed by atoms with E-state index in [2.05, 4.69) is 10.0 Å². The normalized spacial score (nSPS) is 14.2. The zero-order valence-corrected chi connectivity index (χ0v) is 13.8. The summed E-state index contributed by atoms with van der Waals surface area (Å²) in [6.45, 7) is 0.744. The van der Waals surface area contributed by atoms with Crippen LogP contribution in [0.4, 0.5) is 11.4 Å². The van der Waals surface area contributed by atoms with Crippen molar-refractivity contribution in [2.24, 2.45) is 5.11 Å². The number of nitro benzene ring substituents is 1. The maximum Gasteiger partial charge on any atom is 0.270 e. The molecular formula is C18H15N5O3. The molecule has 3 rings (SSSR count). The molecule has 0 N–H and O–H groups in total. The Hall–Kier alpha value is -3.64. The number of rotatable bonds is 6. The van der Waals surface area contributed by atoms with Crippen LogP contribution < -0.4 is 4.90 Å². The summed E-state index contributed by atoms with van der Waals surface area (Å²) in [5.74, 6) is -0.168. The van der Waals surface area contributed by atoms with Gasteiger partial charge in [-0.05, 0) is 29.7 Å². The van der Waals surface area contributed by atoms with Gasteiger partial charge in [-0.15, -0.1) is 0 Å². The summed E-state index contributed by atoms with van der Waals surface area (Å²) >= 11 is 0. The Bertz CT molecular complexity index is 947. The molecule has 1 aliphatic rings. The molecule has 0 spiro atoms. The van der Waals surface area contributed by atoms with Crippen molar-refractivity contribution in [2.45, 2.75) is 6.42 Å². The molecule has 0 atom stereocenters. The third kappa shape index (κ3) is 3.40. The van der Waals surface area contributed by atoms with Crippen LogP contribution in [-0.2, 0) is 4.79 Å². The molecule has 26 heavy (non-hydrogen) atoms. The van der Waals surface area contributed by atoms with E-state index >= 15 is 0 Å². The SMILES string of the molecule is [N-]=[N+]=NCCCN1C(=O)C(=Cc2cccc([N+](=O)[O-])c2)c2ccccc21. The number of para-hydroxylation sites is 1. The van der Waals surface area contributed by atoms with E-state index in [0.29, 0.717) is 30.6 Å². The van der Waals surface area contributed by atoms with Crippen LogP contribution in [0.3, 0.4) is 0 Å². The molecule has 1 amide bonds. The number of carbonyl (C=O) groups excluding carboxylic acids is 1. The van der Waals surface area contributed by atoms with Gasteiger partial charge in [-0.25, -0.2) is 0 Å². The molecule has 8 nitrogen and oxygen atoms in total. The molecule has 0 bridgehead atoms. The average molecular weight is 349 g/mol. The van der Waals surface area contributed by atoms with Gasteiger partial charge < -0.3 is 4.90 Å². The fourth-order valence-electron chi connectivity index (χ4n) is 2.91. The van der Waals surface area contributed by atoms with Gasteiger partial charge in [0.05, 0.1) is 10.6 Å². The molecule has 0 radical (unpaired) electrons. The molecule has 0 aliphatic carbocycles. The van der Waals surface area contributed by atoms with Crippen molar-refractivity contribution in [2.75, 3.05) is 18.0 Å². The van der Waals surface area contributed by atoms with Gasteiger partial charge >= 0.3 is 0 Å². The molecule has 0 saturated carbocycles. The number of carbonyl (C=O) groups is 1. The van der Waals surface area contributed by atoms with E-state index < -0.39 is 4.92 Å². The number of nitro groups is 1. The van der Waals surface area contributed by atoms with Crippen molar-refractivity contribution >= 4 is 28.9 Å². The first-order chi connectivity index (χ1) is 12.6. The van der Waals surface area contributed by atoms with Crippen LogP contribution >= 0.6 is 0 Å². The van der Waals surface area contributed by atoms with Gasteiger partial charge in [-0.3, -0.25) is 14.9 Å². The van der Waals surface area contributed by atoms with Crippen molar-refractivity contribution in [1.29, 1.82) is 0 Å². The van der Waals surface area contributed by atoms with E-state index in [9.17, 15) is 14.9 Å². The second-order valence-electron chi connectivity index (χ2n) is 5.69. The van der Waals surface area contributed by atoms with Crippen LogP contribution in [0.5, 0.6) is 0 Å². The van der Waals surface area contributed by atoms with Crippen LogP contribution in [0.2, 0.25) is 0 Å². The van der Waals surface area contributed by atoms with Gasteiger partial charge in [0.25, 0.3) is 11.6 Å². The van der Waals surface area contributed by atoms with Crippen molar-refractivity contribution in [3.8, 4) is 0 Å². The van der Waals surface area contributed by atoms with Gasteiger partial charge in [-0.2, -0.15) is 0 Å². The number of anilines is 1. The molecule has 0 saturated heterocycles. The number of non-ortho nitro benzene ring substituents is 1. The van der Waals surface area contributed by atoms with E-state index in [1.54, 1.807) is 23.1 Å². The second kappa shape index (κ2) is 7.50. The Morgan fingerprint density at radius 3 is 2.81 bits per heavy atom. The third-order valence-corrected chi connectivity index (χ3v) is 4.06. The minimum absolute atomic E-state index is 0.0238. The standard InChI is InChI=1S/C18H15N5O3/c19-21-20-9-4-10-22-17-8-2-1-7-15(17)16(18(22)24)12-13-5-3-6-14(11-13)23(25)26/h1-3,5-8,11-12H,4,9-10H2. The molecule has 130 valence electrons. The Balaban J connectivity index is 1.95. The molecule has 8 heteroatoms. The predicted molar refractivity (Wildman–Crippen MR) is 98.4 cm³/mol. The Morgan fingerprint density at radius 2 is 2.04 bits per heavy atom. The summed E-state index contributed by atoms with van der Waals surface area (Å²) in [7, 11) is 0. The van der Waals surface area contributed by atoms with Gasteiger partial charge in [0.2, 0.25) is 0 Å². The lowest BCUT2D eigenvalue weighted by molar-refractivity contribution is -0.384. The number of nitrogens with zero attached hydrogens (tertiary/aromatic N) is 5. The smallest absolute Gasteiger partial charge is 0.270 e. The highest BCUT2D eigenvalue weighted by atomic mass is 16.6. The number of hydrogen-bond donors (Lipinski definition) is 0. The van der Waals surface area contributed by atoms with Gasteiger partial charge in [0.15, 0.2) is 0 Å². The van der Waals surface area contributed by atoms with Crippen LogP contribution in [-0.4, -0.2) is 23.9 Å². The highest BCUT2D eigenvalue weighted by Crippen LogP contribution is 2.37. The zero-order chi connectivity index (χ0) is 18.5. The first-order valence-electron chi connectivity index (χ1n) is 8.00. The van der Waals surface area contributed by atoms with Crippen LogP contribution in [0.1, 0.15) is 17.5 Å². The summed E-state index contributed by atoms with van der Waals surface area (Å²) in [6, 6.07) is 13.6. The average Bonchev–Trinajstić information content (AvgIpc) is 2.91. The molecule has 2 aromatic carbocycles. The zero-order valence-electron chi connectivity index (χ0n) is 13.8. The Labute approximate surface area is 149 Å². The highest BCUT2D eigenvalue weighted by molar-refractivity contribution is 6.35. The predicted octanol–water partition coefficient (Wildman–Crippen LogP) is 4.18. The summed E-state index contributed by atoms with van der Waals surface area (Å²) in [4.78, 5) is 27.7. The molecule has 2 aromatic rings. The maximum absolute atomic E-state index is 12.9. The summed E-state index contributed by atoms with van der Waals surface area (Å²) < 4.78 is 0. The van der Waals surface area contributed by atoms with Crippen LogP contribution in [0.15, 0.2) is 53.6 Å². The molecule has 1 aliphatic heterocycles. The van der Waals surface area contributed by atoms with Crippen molar-refractivity contribution in [1.82, 2.24) is 0 Å². The van der Waals surface area contributed by atoms with Crippen LogP contribution in [0.25, 0.3) is 22.1 Å². The summed E-state index contributed by atoms with van der Waals surface area (Å²) in [5.41, 5.74) is 11.0. The van der Waals surface area contributed by atoms with Gasteiger partial charge in [0, 0.05) is 41.3 Å². The minimum atomic E-state index is -0.464. The summed E-state index contributed by atoms with van der Waals surface area (Å²) in [5, 5.41) is 14.4. The molecule has 0 aromatic heterocycles. The van der Waals surface area contributed by atoms with E-state index in [1.807, 2.05) is 24.3 Å². The number of amides is 1. The first kappa shape index (κ1) is 17.2. The lowest BCUT2D eigenvalue weighted by atomic mass is 10.0. The molecule has 0 fully saturated rings. The fraction of sp³-hybridized carbons (Fsp3) is 0.167. The van der Waals surface area contributed by atoms with Gasteiger partial charge in [0.1, 0.15) is 0 Å². The number of fused-ring (bicyclic) bond motifs is 1.